The molecule has 0 aliphatic heterocycles. The summed E-state index contributed by atoms with van der Waals surface area (Å²) in [6.07, 6.45) is 2.63. The van der Waals surface area contributed by atoms with E-state index in [1.54, 1.807) is 17.7 Å². The van der Waals surface area contributed by atoms with E-state index in [2.05, 4.69) is 0 Å². The maximum Gasteiger partial charge on any atom is 0.308 e. The first-order chi connectivity index (χ1) is 8.63. The van der Waals surface area contributed by atoms with Crippen molar-refractivity contribution in [2.75, 3.05) is 13.7 Å². The standard InChI is InChI=1S/C13H17NO4/c1-18-6-5-14-11-4-2-3-9(11)7-10(13(14)17)8-12(15)16/h7H,2-6,8H2,1H3,(H,15,16). The Morgan fingerprint density at radius 1 is 1.50 bits per heavy atom. The molecular formula is C13H17NO4. The monoisotopic (exact) mass is 251 g/mol. The maximum atomic E-state index is 12.2. The first kappa shape index (κ1) is 12.8. The normalized spacial score (nSPS) is 13.6. The van der Waals surface area contributed by atoms with E-state index < -0.39 is 5.97 Å². The predicted molar refractivity (Wildman–Crippen MR) is 65.9 cm³/mol. The van der Waals surface area contributed by atoms with Gasteiger partial charge >= 0.3 is 5.97 Å². The van der Waals surface area contributed by atoms with Gasteiger partial charge in [-0.15, -0.1) is 0 Å². The number of hydrogen-bond donors (Lipinski definition) is 1. The number of carboxylic acid groups (broad SMARTS) is 1. The molecule has 0 aromatic carbocycles. The van der Waals surface area contributed by atoms with E-state index >= 15 is 0 Å². The summed E-state index contributed by atoms with van der Waals surface area (Å²) in [7, 11) is 1.59. The molecule has 1 aliphatic rings. The van der Waals surface area contributed by atoms with Crippen LogP contribution in [0.3, 0.4) is 0 Å². The summed E-state index contributed by atoms with van der Waals surface area (Å²) in [5, 5.41) is 8.83. The fourth-order valence-corrected chi connectivity index (χ4v) is 2.49. The summed E-state index contributed by atoms with van der Waals surface area (Å²) in [5.41, 5.74) is 2.35. The summed E-state index contributed by atoms with van der Waals surface area (Å²) in [4.78, 5) is 23.0. The van der Waals surface area contributed by atoms with Gasteiger partial charge in [-0.25, -0.2) is 0 Å². The number of methoxy groups -OCH3 is 1. The maximum absolute atomic E-state index is 12.2. The molecule has 0 saturated heterocycles. The summed E-state index contributed by atoms with van der Waals surface area (Å²) >= 11 is 0. The Kier molecular flexibility index (Phi) is 3.81. The molecule has 0 atom stereocenters. The number of fused-ring (bicyclic) bond motifs is 1. The highest BCUT2D eigenvalue weighted by Crippen LogP contribution is 2.21. The molecule has 0 spiro atoms. The molecule has 1 aliphatic carbocycles. The number of rotatable bonds is 5. The lowest BCUT2D eigenvalue weighted by Crippen LogP contribution is -2.29. The van der Waals surface area contributed by atoms with Crippen molar-refractivity contribution in [2.45, 2.75) is 32.2 Å². The van der Waals surface area contributed by atoms with Crippen molar-refractivity contribution < 1.29 is 14.6 Å². The Morgan fingerprint density at radius 3 is 2.94 bits per heavy atom. The number of aryl methyl sites for hydroxylation is 1. The minimum Gasteiger partial charge on any atom is -0.481 e. The lowest BCUT2D eigenvalue weighted by molar-refractivity contribution is -0.136. The number of nitrogens with zero attached hydrogens (tertiary/aromatic N) is 1. The summed E-state index contributed by atoms with van der Waals surface area (Å²) in [6, 6.07) is 1.77. The second kappa shape index (κ2) is 5.35. The first-order valence-corrected chi connectivity index (χ1v) is 6.08. The molecule has 5 nitrogen and oxygen atoms in total. The highest BCUT2D eigenvalue weighted by atomic mass is 16.5. The molecule has 2 rings (SSSR count). The van der Waals surface area contributed by atoms with Gasteiger partial charge in [0.1, 0.15) is 0 Å². The molecule has 0 fully saturated rings. The van der Waals surface area contributed by atoms with Crippen LogP contribution in [-0.2, 0) is 35.3 Å². The van der Waals surface area contributed by atoms with Crippen LogP contribution in [0.25, 0.3) is 0 Å². The van der Waals surface area contributed by atoms with Gasteiger partial charge in [-0.2, -0.15) is 0 Å². The smallest absolute Gasteiger partial charge is 0.308 e. The molecule has 1 N–H and O–H groups in total. The van der Waals surface area contributed by atoms with E-state index in [9.17, 15) is 9.59 Å². The molecule has 1 heterocycles. The third-order valence-electron chi connectivity index (χ3n) is 3.29. The molecule has 18 heavy (non-hydrogen) atoms. The van der Waals surface area contributed by atoms with E-state index in [0.29, 0.717) is 18.7 Å². The average Bonchev–Trinajstić information content (AvgIpc) is 2.76. The van der Waals surface area contributed by atoms with Gasteiger partial charge in [-0.3, -0.25) is 9.59 Å². The molecule has 5 heteroatoms. The number of aromatic nitrogens is 1. The van der Waals surface area contributed by atoms with E-state index in [4.69, 9.17) is 9.84 Å². The van der Waals surface area contributed by atoms with Gasteiger partial charge in [0, 0.05) is 24.9 Å². The Bertz CT molecular complexity index is 518. The largest absolute Gasteiger partial charge is 0.481 e. The van der Waals surface area contributed by atoms with Crippen LogP contribution in [0, 0.1) is 0 Å². The quantitative estimate of drug-likeness (QED) is 0.832. The second-order valence-corrected chi connectivity index (χ2v) is 4.52. The number of aliphatic carboxylic acids is 1. The van der Waals surface area contributed by atoms with Gasteiger partial charge in [-0.05, 0) is 30.9 Å². The van der Waals surface area contributed by atoms with Crippen LogP contribution >= 0.6 is 0 Å². The van der Waals surface area contributed by atoms with Crippen molar-refractivity contribution in [3.05, 3.63) is 33.2 Å². The van der Waals surface area contributed by atoms with Gasteiger partial charge < -0.3 is 14.4 Å². The second-order valence-electron chi connectivity index (χ2n) is 4.52. The van der Waals surface area contributed by atoms with E-state index in [1.165, 1.54) is 0 Å². The highest BCUT2D eigenvalue weighted by Gasteiger charge is 2.19. The van der Waals surface area contributed by atoms with Gasteiger partial charge in [0.2, 0.25) is 0 Å². The predicted octanol–water partition coefficient (Wildman–Crippen LogP) is 0.611. The van der Waals surface area contributed by atoms with Crippen molar-refractivity contribution >= 4 is 5.97 Å². The van der Waals surface area contributed by atoms with Crippen LogP contribution in [0.5, 0.6) is 0 Å². The Hall–Kier alpha value is -1.62. The number of carboxylic acids is 1. The van der Waals surface area contributed by atoms with Crippen LogP contribution in [0.4, 0.5) is 0 Å². The Morgan fingerprint density at radius 2 is 2.28 bits per heavy atom. The molecule has 1 aromatic rings. The summed E-state index contributed by atoms with van der Waals surface area (Å²) < 4.78 is 6.69. The zero-order chi connectivity index (χ0) is 13.1. The number of carbonyl (C=O) groups is 1. The van der Waals surface area contributed by atoms with Crippen LogP contribution in [-0.4, -0.2) is 29.4 Å². The van der Waals surface area contributed by atoms with Crippen molar-refractivity contribution in [2.24, 2.45) is 0 Å². The highest BCUT2D eigenvalue weighted by molar-refractivity contribution is 5.70. The van der Waals surface area contributed by atoms with Crippen molar-refractivity contribution in [1.82, 2.24) is 4.57 Å². The van der Waals surface area contributed by atoms with Gasteiger partial charge in [0.25, 0.3) is 5.56 Å². The average molecular weight is 251 g/mol. The number of pyridine rings is 1. The first-order valence-electron chi connectivity index (χ1n) is 6.08. The van der Waals surface area contributed by atoms with E-state index in [-0.39, 0.29) is 12.0 Å². The number of hydrogen-bond acceptors (Lipinski definition) is 3. The lowest BCUT2D eigenvalue weighted by Gasteiger charge is -2.13. The molecule has 0 radical (unpaired) electrons. The topological polar surface area (TPSA) is 68.5 Å². The molecule has 0 bridgehead atoms. The van der Waals surface area contributed by atoms with Crippen molar-refractivity contribution in [3.63, 3.8) is 0 Å². The Labute approximate surface area is 105 Å². The van der Waals surface area contributed by atoms with Gasteiger partial charge in [-0.1, -0.05) is 0 Å². The Balaban J connectivity index is 2.45. The fraction of sp³-hybridized carbons (Fsp3) is 0.538. The van der Waals surface area contributed by atoms with E-state index in [0.717, 1.165) is 30.5 Å². The summed E-state index contributed by atoms with van der Waals surface area (Å²) in [6.45, 7) is 0.952. The molecular weight excluding hydrogens is 234 g/mol. The summed E-state index contributed by atoms with van der Waals surface area (Å²) in [5.74, 6) is -0.969. The van der Waals surface area contributed by atoms with Crippen LogP contribution < -0.4 is 5.56 Å². The van der Waals surface area contributed by atoms with Crippen LogP contribution in [0.2, 0.25) is 0 Å². The molecule has 0 amide bonds. The van der Waals surface area contributed by atoms with Gasteiger partial charge in [0.05, 0.1) is 13.0 Å². The van der Waals surface area contributed by atoms with Crippen LogP contribution in [0.1, 0.15) is 23.2 Å². The number of ether oxygens (including phenoxy) is 1. The minimum absolute atomic E-state index is 0.185. The van der Waals surface area contributed by atoms with Crippen LogP contribution in [0.15, 0.2) is 10.9 Å². The van der Waals surface area contributed by atoms with Gasteiger partial charge in [0.15, 0.2) is 0 Å². The zero-order valence-electron chi connectivity index (χ0n) is 10.4. The molecule has 0 unspecified atom stereocenters. The lowest BCUT2D eigenvalue weighted by atomic mass is 10.1. The third kappa shape index (κ3) is 2.46. The SMILES string of the molecule is COCCn1c2c(cc(CC(=O)O)c1=O)CCC2. The zero-order valence-corrected chi connectivity index (χ0v) is 10.4. The molecule has 98 valence electrons. The van der Waals surface area contributed by atoms with Crippen molar-refractivity contribution in [3.8, 4) is 0 Å². The molecule has 0 saturated carbocycles. The van der Waals surface area contributed by atoms with E-state index in [1.807, 2.05) is 0 Å². The minimum atomic E-state index is -0.969. The molecule has 1 aromatic heterocycles. The third-order valence-corrected chi connectivity index (χ3v) is 3.29. The van der Waals surface area contributed by atoms with Crippen molar-refractivity contribution in [1.29, 1.82) is 0 Å². The fourth-order valence-electron chi connectivity index (χ4n) is 2.49.